The summed E-state index contributed by atoms with van der Waals surface area (Å²) in [5.41, 5.74) is 0.799. The van der Waals surface area contributed by atoms with Gasteiger partial charge in [-0.05, 0) is 24.1 Å². The molecule has 1 aromatic rings. The standard InChI is InChI=1S/C11H16O2/c1-2-3-7-11(13)9-5-4-6-10(12)8-9/h4-6,8,11-13H,2-3,7H2,1H3. The van der Waals surface area contributed by atoms with Crippen molar-refractivity contribution < 1.29 is 10.2 Å². The fourth-order valence-corrected chi connectivity index (χ4v) is 1.30. The van der Waals surface area contributed by atoms with Crippen LogP contribution in [0.3, 0.4) is 0 Å². The van der Waals surface area contributed by atoms with Gasteiger partial charge in [0.05, 0.1) is 6.10 Å². The number of unbranched alkanes of at least 4 members (excludes halogenated alkanes) is 1. The number of hydrogen-bond donors (Lipinski definition) is 2. The third-order valence-electron chi connectivity index (χ3n) is 2.09. The van der Waals surface area contributed by atoms with Crippen molar-refractivity contribution in [2.75, 3.05) is 0 Å². The first-order valence-electron chi connectivity index (χ1n) is 4.71. The zero-order valence-corrected chi connectivity index (χ0v) is 7.90. The number of phenolic OH excluding ortho intramolecular Hbond substituents is 1. The van der Waals surface area contributed by atoms with E-state index in [1.54, 1.807) is 18.2 Å². The van der Waals surface area contributed by atoms with Crippen LogP contribution in [-0.4, -0.2) is 10.2 Å². The van der Waals surface area contributed by atoms with Crippen LogP contribution in [0.1, 0.15) is 37.9 Å². The van der Waals surface area contributed by atoms with E-state index in [0.717, 1.165) is 24.8 Å². The summed E-state index contributed by atoms with van der Waals surface area (Å²) >= 11 is 0. The molecule has 0 spiro atoms. The molecule has 1 unspecified atom stereocenters. The lowest BCUT2D eigenvalue weighted by Gasteiger charge is -2.09. The first kappa shape index (κ1) is 10.1. The summed E-state index contributed by atoms with van der Waals surface area (Å²) in [4.78, 5) is 0. The van der Waals surface area contributed by atoms with Crippen molar-refractivity contribution in [1.29, 1.82) is 0 Å². The van der Waals surface area contributed by atoms with Gasteiger partial charge in [-0.15, -0.1) is 0 Å². The lowest BCUT2D eigenvalue weighted by molar-refractivity contribution is 0.164. The summed E-state index contributed by atoms with van der Waals surface area (Å²) < 4.78 is 0. The monoisotopic (exact) mass is 180 g/mol. The van der Waals surface area contributed by atoms with E-state index in [1.807, 2.05) is 6.07 Å². The van der Waals surface area contributed by atoms with Gasteiger partial charge in [-0.1, -0.05) is 31.9 Å². The third-order valence-corrected chi connectivity index (χ3v) is 2.09. The van der Waals surface area contributed by atoms with E-state index < -0.39 is 6.10 Å². The van der Waals surface area contributed by atoms with Gasteiger partial charge >= 0.3 is 0 Å². The molecule has 0 fully saturated rings. The molecular weight excluding hydrogens is 164 g/mol. The Balaban J connectivity index is 2.60. The average molecular weight is 180 g/mol. The van der Waals surface area contributed by atoms with E-state index in [9.17, 15) is 10.2 Å². The van der Waals surface area contributed by atoms with Crippen molar-refractivity contribution in [3.05, 3.63) is 29.8 Å². The fraction of sp³-hybridized carbons (Fsp3) is 0.455. The highest BCUT2D eigenvalue weighted by atomic mass is 16.3. The first-order valence-corrected chi connectivity index (χ1v) is 4.71. The normalized spacial score (nSPS) is 12.8. The summed E-state index contributed by atoms with van der Waals surface area (Å²) in [5.74, 6) is 0.216. The molecule has 0 amide bonds. The van der Waals surface area contributed by atoms with Gasteiger partial charge in [0, 0.05) is 0 Å². The molecule has 0 aliphatic rings. The Labute approximate surface area is 78.8 Å². The summed E-state index contributed by atoms with van der Waals surface area (Å²) in [5, 5.41) is 18.8. The van der Waals surface area contributed by atoms with E-state index in [1.165, 1.54) is 0 Å². The van der Waals surface area contributed by atoms with Gasteiger partial charge in [-0.25, -0.2) is 0 Å². The molecule has 0 saturated heterocycles. The molecule has 0 aromatic heterocycles. The molecule has 1 atom stereocenters. The summed E-state index contributed by atoms with van der Waals surface area (Å²) in [7, 11) is 0. The molecule has 2 nitrogen and oxygen atoms in total. The zero-order valence-electron chi connectivity index (χ0n) is 7.90. The van der Waals surface area contributed by atoms with Crippen LogP contribution in [0, 0.1) is 0 Å². The fourth-order valence-electron chi connectivity index (χ4n) is 1.30. The lowest BCUT2D eigenvalue weighted by atomic mass is 10.0. The van der Waals surface area contributed by atoms with Crippen molar-refractivity contribution in [2.45, 2.75) is 32.3 Å². The minimum atomic E-state index is -0.438. The Kier molecular flexibility index (Phi) is 3.77. The number of aliphatic hydroxyl groups excluding tert-OH is 1. The second-order valence-electron chi connectivity index (χ2n) is 3.25. The van der Waals surface area contributed by atoms with E-state index >= 15 is 0 Å². The van der Waals surface area contributed by atoms with E-state index in [2.05, 4.69) is 6.92 Å². The van der Waals surface area contributed by atoms with Crippen molar-refractivity contribution >= 4 is 0 Å². The van der Waals surface area contributed by atoms with Crippen LogP contribution in [0.5, 0.6) is 5.75 Å². The number of benzene rings is 1. The highest BCUT2D eigenvalue weighted by Gasteiger charge is 2.06. The van der Waals surface area contributed by atoms with Gasteiger partial charge in [0.25, 0.3) is 0 Å². The van der Waals surface area contributed by atoms with E-state index in [4.69, 9.17) is 0 Å². The molecule has 1 rings (SSSR count). The highest BCUT2D eigenvalue weighted by Crippen LogP contribution is 2.22. The maximum atomic E-state index is 9.66. The molecule has 13 heavy (non-hydrogen) atoms. The van der Waals surface area contributed by atoms with E-state index in [0.29, 0.717) is 0 Å². The number of aromatic hydroxyl groups is 1. The topological polar surface area (TPSA) is 40.5 Å². The lowest BCUT2D eigenvalue weighted by Crippen LogP contribution is -1.96. The molecule has 0 aliphatic heterocycles. The van der Waals surface area contributed by atoms with Crippen molar-refractivity contribution in [2.24, 2.45) is 0 Å². The minimum Gasteiger partial charge on any atom is -0.508 e. The van der Waals surface area contributed by atoms with Gasteiger partial charge in [-0.2, -0.15) is 0 Å². The second kappa shape index (κ2) is 4.87. The van der Waals surface area contributed by atoms with Crippen LogP contribution in [0.15, 0.2) is 24.3 Å². The molecular formula is C11H16O2. The highest BCUT2D eigenvalue weighted by molar-refractivity contribution is 5.28. The molecule has 0 aliphatic carbocycles. The average Bonchev–Trinajstić information content (AvgIpc) is 2.14. The molecule has 0 saturated carbocycles. The van der Waals surface area contributed by atoms with Gasteiger partial charge in [0.2, 0.25) is 0 Å². The molecule has 1 aromatic carbocycles. The Morgan fingerprint density at radius 2 is 2.15 bits per heavy atom. The number of hydrogen-bond acceptors (Lipinski definition) is 2. The van der Waals surface area contributed by atoms with Gasteiger partial charge in [0.1, 0.15) is 5.75 Å². The Hall–Kier alpha value is -1.02. The molecule has 0 heterocycles. The Morgan fingerprint density at radius 3 is 2.77 bits per heavy atom. The summed E-state index contributed by atoms with van der Waals surface area (Å²) in [6.45, 7) is 2.09. The second-order valence-corrected chi connectivity index (χ2v) is 3.25. The van der Waals surface area contributed by atoms with Gasteiger partial charge in [0.15, 0.2) is 0 Å². The molecule has 0 bridgehead atoms. The summed E-state index contributed by atoms with van der Waals surface area (Å²) in [6, 6.07) is 6.80. The molecule has 0 radical (unpaired) electrons. The van der Waals surface area contributed by atoms with Crippen molar-refractivity contribution in [3.63, 3.8) is 0 Å². The Morgan fingerprint density at radius 1 is 1.38 bits per heavy atom. The molecule has 72 valence electrons. The predicted molar refractivity (Wildman–Crippen MR) is 52.6 cm³/mol. The maximum Gasteiger partial charge on any atom is 0.115 e. The first-order chi connectivity index (χ1) is 6.24. The van der Waals surface area contributed by atoms with Crippen LogP contribution in [0.2, 0.25) is 0 Å². The zero-order chi connectivity index (χ0) is 9.68. The van der Waals surface area contributed by atoms with E-state index in [-0.39, 0.29) is 5.75 Å². The number of phenols is 1. The predicted octanol–water partition coefficient (Wildman–Crippen LogP) is 2.62. The Bertz CT molecular complexity index is 258. The van der Waals surface area contributed by atoms with Crippen LogP contribution >= 0.6 is 0 Å². The van der Waals surface area contributed by atoms with Crippen LogP contribution in [-0.2, 0) is 0 Å². The molecule has 2 heteroatoms. The largest absolute Gasteiger partial charge is 0.508 e. The van der Waals surface area contributed by atoms with Crippen molar-refractivity contribution in [1.82, 2.24) is 0 Å². The van der Waals surface area contributed by atoms with Gasteiger partial charge in [-0.3, -0.25) is 0 Å². The van der Waals surface area contributed by atoms with Crippen LogP contribution in [0.4, 0.5) is 0 Å². The molecule has 2 N–H and O–H groups in total. The number of aliphatic hydroxyl groups is 1. The summed E-state index contributed by atoms with van der Waals surface area (Å²) in [6.07, 6.45) is 2.42. The third kappa shape index (κ3) is 3.07. The van der Waals surface area contributed by atoms with Crippen molar-refractivity contribution in [3.8, 4) is 5.75 Å². The number of rotatable bonds is 4. The smallest absolute Gasteiger partial charge is 0.115 e. The minimum absolute atomic E-state index is 0.216. The van der Waals surface area contributed by atoms with Gasteiger partial charge < -0.3 is 10.2 Å². The quantitative estimate of drug-likeness (QED) is 0.747. The SMILES string of the molecule is CCCCC(O)c1cccc(O)c1. The van der Waals surface area contributed by atoms with Crippen LogP contribution < -0.4 is 0 Å². The maximum absolute atomic E-state index is 9.66. The van der Waals surface area contributed by atoms with Crippen LogP contribution in [0.25, 0.3) is 0 Å².